The van der Waals surface area contributed by atoms with Gasteiger partial charge in [-0.15, -0.1) is 0 Å². The van der Waals surface area contributed by atoms with Crippen LogP contribution in [0.2, 0.25) is 0 Å². The zero-order valence-electron chi connectivity index (χ0n) is 51.1. The van der Waals surface area contributed by atoms with Gasteiger partial charge in [0.25, 0.3) is 45.9 Å². The van der Waals surface area contributed by atoms with E-state index in [0.717, 1.165) is 22.3 Å². The summed E-state index contributed by atoms with van der Waals surface area (Å²) in [4.78, 5) is 113. The molecule has 8 rings (SSSR count). The minimum Gasteiger partial charge on any atom is -0.482 e. The van der Waals surface area contributed by atoms with Gasteiger partial charge >= 0.3 is 0 Å². The van der Waals surface area contributed by atoms with Crippen molar-refractivity contribution in [2.24, 2.45) is 28.2 Å². The van der Waals surface area contributed by atoms with Gasteiger partial charge in [0.05, 0.1) is 22.3 Å². The molecule has 4 amide bonds. The minimum atomic E-state index is -0.510. The number of ether oxygens (including phenoxy) is 4. The summed E-state index contributed by atoms with van der Waals surface area (Å²) in [5, 5.41) is 11.8. The Bertz CT molecular complexity index is 3440. The molecule has 0 atom stereocenters. The van der Waals surface area contributed by atoms with E-state index in [1.54, 1.807) is 28.2 Å². The van der Waals surface area contributed by atoms with Crippen LogP contribution < -0.4 is 62.5 Å². The number of carbonyl (C=O) groups excluding carboxylic acids is 4. The molecule has 470 valence electrons. The maximum Gasteiger partial charge on any atom is 0.293 e. The molecule has 0 aliphatic heterocycles. The summed E-state index contributed by atoms with van der Waals surface area (Å²) in [6.45, 7) is 3.17. The first-order valence-corrected chi connectivity index (χ1v) is 29.7. The van der Waals surface area contributed by atoms with Crippen LogP contribution in [0.4, 0.5) is 0 Å². The van der Waals surface area contributed by atoms with E-state index in [1.807, 2.05) is 121 Å². The number of amides is 4. The lowest BCUT2D eigenvalue weighted by Crippen LogP contribution is -2.41. The van der Waals surface area contributed by atoms with Crippen molar-refractivity contribution in [2.45, 2.75) is 39.3 Å². The van der Waals surface area contributed by atoms with Gasteiger partial charge in [-0.25, -0.2) is 0 Å². The van der Waals surface area contributed by atoms with Crippen molar-refractivity contribution in [3.8, 4) is 23.0 Å². The molecule has 0 bridgehead atoms. The van der Waals surface area contributed by atoms with Crippen LogP contribution >= 0.6 is 0 Å². The van der Waals surface area contributed by atoms with E-state index in [-0.39, 0.29) is 97.9 Å². The molecule has 8 aromatic rings. The Morgan fingerprint density at radius 3 is 0.744 bits per heavy atom. The summed E-state index contributed by atoms with van der Waals surface area (Å²) < 4.78 is 29.2. The van der Waals surface area contributed by atoms with Crippen molar-refractivity contribution in [2.75, 3.05) is 65.4 Å². The Balaban J connectivity index is 0.953. The zero-order chi connectivity index (χ0) is 63.8. The van der Waals surface area contributed by atoms with Crippen molar-refractivity contribution < 1.29 is 38.1 Å². The Hall–Kier alpha value is -10.3. The standard InChI is InChI=1S/C68H76N10O12/c1-73-37-27-53(57(65(73)83)87-45-49-19-9-5-10-20-49)61(79)69-31-41-77(42-32-70-62(80)54-28-38-74(2)66(84)58(54)88-46-50-21-11-6-12-22-50)35-17-18-36-78(43-33-71-63(81)55-29-39-75(3)67(85)59(55)89-47-51-23-13-7-14-24-51)44-34-72-64(82)56-30-40-76(4)68(86)60(56)90-48-52-25-15-8-16-26-52/h5-16,19-30,37-40H,17-18,31-36,41-48H2,1-4H3,(H,69,79)(H,70,80)(H,71,81)(H,72,82). The molecule has 0 aliphatic rings. The number of aromatic nitrogens is 4. The number of nitrogens with one attached hydrogen (secondary N) is 4. The SMILES string of the molecule is Cn1ccc(C(=O)NCCN(CCCCN(CCNC(=O)c2ccn(C)c(=O)c2OCc2ccccc2)CCNC(=O)c2ccn(C)c(=O)c2OCc2ccccc2)CCNC(=O)c2ccn(C)c(=O)c2OCc2ccccc2)c(OCc2ccccc2)c1=O. The summed E-state index contributed by atoms with van der Waals surface area (Å²) in [6.07, 6.45) is 7.24. The zero-order valence-corrected chi connectivity index (χ0v) is 51.1. The summed E-state index contributed by atoms with van der Waals surface area (Å²) >= 11 is 0. The Morgan fingerprint density at radius 1 is 0.322 bits per heavy atom. The van der Waals surface area contributed by atoms with Crippen LogP contribution in [0.25, 0.3) is 0 Å². The van der Waals surface area contributed by atoms with Gasteiger partial charge in [0.1, 0.15) is 26.4 Å². The lowest BCUT2D eigenvalue weighted by Gasteiger charge is -2.25. The van der Waals surface area contributed by atoms with Crippen LogP contribution in [0.3, 0.4) is 0 Å². The first kappa shape index (κ1) is 65.7. The van der Waals surface area contributed by atoms with Gasteiger partial charge in [-0.1, -0.05) is 121 Å². The van der Waals surface area contributed by atoms with Crippen LogP contribution in [0.5, 0.6) is 23.0 Å². The molecule has 22 nitrogen and oxygen atoms in total. The fourth-order valence-corrected chi connectivity index (χ4v) is 9.65. The molecular formula is C68H76N10O12. The van der Waals surface area contributed by atoms with E-state index in [9.17, 15) is 38.4 Å². The predicted octanol–water partition coefficient (Wildman–Crippen LogP) is 5.20. The van der Waals surface area contributed by atoms with Crippen LogP contribution in [0, 0.1) is 0 Å². The molecule has 0 radical (unpaired) electrons. The maximum absolute atomic E-state index is 13.9. The topological polar surface area (TPSA) is 248 Å². The highest BCUT2D eigenvalue weighted by Crippen LogP contribution is 2.19. The van der Waals surface area contributed by atoms with Gasteiger partial charge in [0.2, 0.25) is 0 Å². The minimum absolute atomic E-state index is 0.0720. The first-order chi connectivity index (χ1) is 43.6. The summed E-state index contributed by atoms with van der Waals surface area (Å²) in [5.74, 6) is -2.38. The molecule has 0 saturated carbocycles. The number of nitrogens with zero attached hydrogens (tertiary/aromatic N) is 6. The number of hydrogen-bond donors (Lipinski definition) is 4. The number of benzene rings is 4. The fraction of sp³-hybridized carbons (Fsp3) is 0.294. The molecule has 0 saturated heterocycles. The molecule has 4 heterocycles. The highest BCUT2D eigenvalue weighted by Gasteiger charge is 2.23. The summed E-state index contributed by atoms with van der Waals surface area (Å²) in [6, 6.07) is 43.3. The lowest BCUT2D eigenvalue weighted by atomic mass is 10.2. The van der Waals surface area contributed by atoms with Crippen molar-refractivity contribution >= 4 is 23.6 Å². The smallest absolute Gasteiger partial charge is 0.293 e. The van der Waals surface area contributed by atoms with Crippen molar-refractivity contribution in [1.82, 2.24) is 49.3 Å². The van der Waals surface area contributed by atoms with E-state index in [1.165, 1.54) is 67.3 Å². The fourth-order valence-electron chi connectivity index (χ4n) is 9.65. The first-order valence-electron chi connectivity index (χ1n) is 29.7. The monoisotopic (exact) mass is 1220 g/mol. The van der Waals surface area contributed by atoms with Crippen LogP contribution in [-0.2, 0) is 54.6 Å². The van der Waals surface area contributed by atoms with E-state index >= 15 is 0 Å². The number of pyridine rings is 4. The Kier molecular flexibility index (Phi) is 24.2. The van der Waals surface area contributed by atoms with Crippen LogP contribution in [0.15, 0.2) is 190 Å². The molecule has 90 heavy (non-hydrogen) atoms. The number of unbranched alkanes of at least 4 members (excludes halogenated alkanes) is 1. The molecule has 0 aliphatic carbocycles. The van der Waals surface area contributed by atoms with Crippen molar-refractivity contribution in [3.63, 3.8) is 0 Å². The van der Waals surface area contributed by atoms with E-state index < -0.39 is 45.9 Å². The van der Waals surface area contributed by atoms with Crippen LogP contribution in [-0.4, -0.2) is 117 Å². The third kappa shape index (κ3) is 18.6. The van der Waals surface area contributed by atoms with E-state index in [4.69, 9.17) is 18.9 Å². The van der Waals surface area contributed by atoms with Crippen molar-refractivity contribution in [3.05, 3.63) is 256 Å². The molecule has 0 spiro atoms. The van der Waals surface area contributed by atoms with Gasteiger partial charge < -0.3 is 58.5 Å². The summed E-state index contributed by atoms with van der Waals surface area (Å²) in [7, 11) is 6.31. The summed E-state index contributed by atoms with van der Waals surface area (Å²) in [5.41, 5.74) is 1.70. The van der Waals surface area contributed by atoms with E-state index in [0.29, 0.717) is 52.1 Å². The quantitative estimate of drug-likeness (QED) is 0.0387. The Morgan fingerprint density at radius 2 is 0.533 bits per heavy atom. The van der Waals surface area contributed by atoms with Gasteiger partial charge in [0.15, 0.2) is 23.0 Å². The van der Waals surface area contributed by atoms with Crippen LogP contribution in [0.1, 0.15) is 76.5 Å². The van der Waals surface area contributed by atoms with Crippen molar-refractivity contribution in [1.29, 1.82) is 0 Å². The molecule has 4 N–H and O–H groups in total. The highest BCUT2D eigenvalue weighted by molar-refractivity contribution is 5.98. The van der Waals surface area contributed by atoms with Gasteiger partial charge in [-0.2, -0.15) is 0 Å². The van der Waals surface area contributed by atoms with Gasteiger partial charge in [0, 0.05) is 105 Å². The highest BCUT2D eigenvalue weighted by atomic mass is 16.5. The molecule has 0 fully saturated rings. The third-order valence-corrected chi connectivity index (χ3v) is 14.8. The third-order valence-electron chi connectivity index (χ3n) is 14.8. The molecule has 4 aromatic heterocycles. The van der Waals surface area contributed by atoms with Gasteiger partial charge in [-0.05, 0) is 72.5 Å². The predicted molar refractivity (Wildman–Crippen MR) is 341 cm³/mol. The number of hydrogen-bond acceptors (Lipinski definition) is 14. The molecular weight excluding hydrogens is 1150 g/mol. The van der Waals surface area contributed by atoms with Gasteiger partial charge in [-0.3, -0.25) is 48.2 Å². The Labute approximate surface area is 521 Å². The second kappa shape index (κ2) is 33.1. The van der Waals surface area contributed by atoms with E-state index in [2.05, 4.69) is 31.1 Å². The number of carbonyl (C=O) groups is 4. The normalized spacial score (nSPS) is 11.0. The molecule has 0 unspecified atom stereocenters. The molecule has 22 heteroatoms. The largest absolute Gasteiger partial charge is 0.482 e. The average Bonchev–Trinajstić information content (AvgIpc) is 1.22. The number of aryl methyl sites for hydroxylation is 4. The molecule has 4 aromatic carbocycles. The second-order valence-electron chi connectivity index (χ2n) is 21.4. The lowest BCUT2D eigenvalue weighted by molar-refractivity contribution is 0.0924. The maximum atomic E-state index is 13.9. The second-order valence-corrected chi connectivity index (χ2v) is 21.4. The number of rotatable bonds is 33. The average molecular weight is 1230 g/mol.